The first-order valence-electron chi connectivity index (χ1n) is 7.73. The maximum absolute atomic E-state index is 4.36. The van der Waals surface area contributed by atoms with E-state index >= 15 is 0 Å². The van der Waals surface area contributed by atoms with Crippen LogP contribution in [0.1, 0.15) is 17.5 Å². The molecule has 24 heavy (non-hydrogen) atoms. The Labute approximate surface area is 169 Å². The minimum Gasteiger partial charge on any atom is -0.356 e. The highest BCUT2D eigenvalue weighted by Gasteiger charge is 2.08. The fraction of sp³-hybridized carbons (Fsp3) is 0.412. The van der Waals surface area contributed by atoms with E-state index in [2.05, 4.69) is 67.7 Å². The van der Waals surface area contributed by atoms with Gasteiger partial charge in [0, 0.05) is 44.9 Å². The van der Waals surface area contributed by atoms with Crippen molar-refractivity contribution in [1.82, 2.24) is 20.0 Å². The number of nitrogens with one attached hydrogen (secondary N) is 1. The molecule has 0 bridgehead atoms. The summed E-state index contributed by atoms with van der Waals surface area (Å²) in [5.74, 6) is 0.909. The SMILES string of the molecule is CN=C(NCCCc1cnn(C)c1)N(C)Cc1ccccc1Br.I. The molecule has 1 aromatic heterocycles. The maximum atomic E-state index is 4.36. The zero-order valence-electron chi connectivity index (χ0n) is 14.4. The van der Waals surface area contributed by atoms with Crippen LogP contribution in [0.25, 0.3) is 0 Å². The Morgan fingerprint density at radius 1 is 1.38 bits per heavy atom. The third-order valence-electron chi connectivity index (χ3n) is 3.62. The number of hydrogen-bond acceptors (Lipinski definition) is 2. The van der Waals surface area contributed by atoms with Crippen LogP contribution in [-0.4, -0.2) is 41.3 Å². The molecule has 1 heterocycles. The van der Waals surface area contributed by atoms with Crippen molar-refractivity contribution in [2.75, 3.05) is 20.6 Å². The molecule has 0 amide bonds. The Bertz CT molecular complexity index is 656. The molecule has 132 valence electrons. The van der Waals surface area contributed by atoms with Crippen LogP contribution >= 0.6 is 39.9 Å². The third kappa shape index (κ3) is 6.43. The quantitative estimate of drug-likeness (QED) is 0.283. The molecule has 2 aromatic rings. The lowest BCUT2D eigenvalue weighted by Crippen LogP contribution is -2.39. The minimum atomic E-state index is 0. The Balaban J connectivity index is 0.00000288. The Kier molecular flexibility index (Phi) is 9.35. The van der Waals surface area contributed by atoms with Gasteiger partial charge in [0.1, 0.15) is 0 Å². The van der Waals surface area contributed by atoms with Crippen molar-refractivity contribution >= 4 is 45.9 Å². The standard InChI is InChI=1S/C17H24BrN5.HI/c1-19-17(20-10-6-7-14-11-21-23(3)12-14)22(2)13-15-8-4-5-9-16(15)18;/h4-5,8-9,11-12H,6-7,10,13H2,1-3H3,(H,19,20);1H. The van der Waals surface area contributed by atoms with Crippen LogP contribution in [0.15, 0.2) is 46.1 Å². The molecule has 0 unspecified atom stereocenters. The molecule has 0 saturated carbocycles. The van der Waals surface area contributed by atoms with Crippen molar-refractivity contribution < 1.29 is 0 Å². The Morgan fingerprint density at radius 2 is 2.12 bits per heavy atom. The highest BCUT2D eigenvalue weighted by atomic mass is 127. The molecule has 0 radical (unpaired) electrons. The number of nitrogens with zero attached hydrogens (tertiary/aromatic N) is 4. The average molecular weight is 506 g/mol. The van der Waals surface area contributed by atoms with Crippen molar-refractivity contribution in [3.8, 4) is 0 Å². The molecule has 1 N–H and O–H groups in total. The molecule has 0 aliphatic heterocycles. The van der Waals surface area contributed by atoms with E-state index in [0.29, 0.717) is 0 Å². The van der Waals surface area contributed by atoms with E-state index in [1.807, 2.05) is 31.0 Å². The molecular formula is C17H25BrIN5. The van der Waals surface area contributed by atoms with Gasteiger partial charge in [-0.15, -0.1) is 24.0 Å². The van der Waals surface area contributed by atoms with Crippen LogP contribution in [0.3, 0.4) is 0 Å². The van der Waals surface area contributed by atoms with Gasteiger partial charge < -0.3 is 10.2 Å². The van der Waals surface area contributed by atoms with E-state index in [-0.39, 0.29) is 24.0 Å². The number of rotatable bonds is 6. The first-order valence-corrected chi connectivity index (χ1v) is 8.52. The van der Waals surface area contributed by atoms with Crippen LogP contribution in [0.5, 0.6) is 0 Å². The first kappa shape index (κ1) is 21.0. The molecule has 0 fully saturated rings. The van der Waals surface area contributed by atoms with Crippen LogP contribution < -0.4 is 5.32 Å². The van der Waals surface area contributed by atoms with Crippen LogP contribution in [0, 0.1) is 0 Å². The lowest BCUT2D eigenvalue weighted by molar-refractivity contribution is 0.475. The van der Waals surface area contributed by atoms with Crippen molar-refractivity contribution in [3.05, 3.63) is 52.3 Å². The molecule has 1 aromatic carbocycles. The molecule has 2 rings (SSSR count). The fourth-order valence-electron chi connectivity index (χ4n) is 2.44. The van der Waals surface area contributed by atoms with Crippen molar-refractivity contribution in [3.63, 3.8) is 0 Å². The van der Waals surface area contributed by atoms with Gasteiger partial charge in [-0.05, 0) is 30.0 Å². The lowest BCUT2D eigenvalue weighted by Gasteiger charge is -2.22. The molecule has 0 aliphatic rings. The van der Waals surface area contributed by atoms with E-state index in [0.717, 1.165) is 36.4 Å². The summed E-state index contributed by atoms with van der Waals surface area (Å²) in [6.07, 6.45) is 6.06. The minimum absolute atomic E-state index is 0. The Hall–Kier alpha value is -1.09. The number of aliphatic imine (C=N–C) groups is 1. The molecule has 7 heteroatoms. The van der Waals surface area contributed by atoms with Crippen molar-refractivity contribution in [2.45, 2.75) is 19.4 Å². The van der Waals surface area contributed by atoms with Gasteiger partial charge in [0.2, 0.25) is 0 Å². The van der Waals surface area contributed by atoms with Gasteiger partial charge >= 0.3 is 0 Å². The van der Waals surface area contributed by atoms with Gasteiger partial charge in [-0.25, -0.2) is 0 Å². The summed E-state index contributed by atoms with van der Waals surface area (Å²) in [5.41, 5.74) is 2.51. The topological polar surface area (TPSA) is 45.5 Å². The lowest BCUT2D eigenvalue weighted by atomic mass is 10.2. The summed E-state index contributed by atoms with van der Waals surface area (Å²) in [7, 11) is 5.82. The van der Waals surface area contributed by atoms with E-state index in [1.54, 1.807) is 0 Å². The summed E-state index contributed by atoms with van der Waals surface area (Å²) in [6, 6.07) is 8.26. The van der Waals surface area contributed by atoms with Gasteiger partial charge in [0.25, 0.3) is 0 Å². The highest BCUT2D eigenvalue weighted by Crippen LogP contribution is 2.17. The summed E-state index contributed by atoms with van der Waals surface area (Å²) in [4.78, 5) is 6.49. The predicted molar refractivity (Wildman–Crippen MR) is 114 cm³/mol. The maximum Gasteiger partial charge on any atom is 0.193 e. The molecule has 0 atom stereocenters. The van der Waals surface area contributed by atoms with Crippen molar-refractivity contribution in [2.24, 2.45) is 12.0 Å². The van der Waals surface area contributed by atoms with E-state index in [9.17, 15) is 0 Å². The molecule has 0 aliphatic carbocycles. The summed E-state index contributed by atoms with van der Waals surface area (Å²) in [5, 5.41) is 7.61. The normalized spacial score (nSPS) is 11.1. The number of guanidine groups is 1. The van der Waals surface area contributed by atoms with Gasteiger partial charge in [-0.2, -0.15) is 5.10 Å². The molecule has 0 saturated heterocycles. The number of aryl methyl sites for hydroxylation is 2. The zero-order chi connectivity index (χ0) is 16.7. The van der Waals surface area contributed by atoms with Crippen molar-refractivity contribution in [1.29, 1.82) is 0 Å². The molecule has 5 nitrogen and oxygen atoms in total. The first-order chi connectivity index (χ1) is 11.1. The largest absolute Gasteiger partial charge is 0.356 e. The number of hydrogen-bond donors (Lipinski definition) is 1. The van der Waals surface area contributed by atoms with Gasteiger partial charge in [-0.3, -0.25) is 9.67 Å². The Morgan fingerprint density at radius 3 is 2.75 bits per heavy atom. The summed E-state index contributed by atoms with van der Waals surface area (Å²) < 4.78 is 2.96. The molecular weight excluding hydrogens is 481 g/mol. The summed E-state index contributed by atoms with van der Waals surface area (Å²) >= 11 is 3.59. The smallest absolute Gasteiger partial charge is 0.193 e. The number of aromatic nitrogens is 2. The van der Waals surface area contributed by atoms with Crippen LogP contribution in [-0.2, 0) is 20.0 Å². The number of benzene rings is 1. The summed E-state index contributed by atoms with van der Waals surface area (Å²) in [6.45, 7) is 1.70. The second-order valence-electron chi connectivity index (χ2n) is 5.55. The van der Waals surface area contributed by atoms with Gasteiger partial charge in [0.05, 0.1) is 6.20 Å². The number of halogens is 2. The monoisotopic (exact) mass is 505 g/mol. The average Bonchev–Trinajstić information content (AvgIpc) is 2.95. The van der Waals surface area contributed by atoms with E-state index in [4.69, 9.17) is 0 Å². The van der Waals surface area contributed by atoms with E-state index in [1.165, 1.54) is 11.1 Å². The fourth-order valence-corrected chi connectivity index (χ4v) is 2.85. The van der Waals surface area contributed by atoms with Crippen LogP contribution in [0.2, 0.25) is 0 Å². The predicted octanol–water partition coefficient (Wildman–Crippen LogP) is 3.44. The zero-order valence-corrected chi connectivity index (χ0v) is 18.3. The van der Waals surface area contributed by atoms with Crippen LogP contribution in [0.4, 0.5) is 0 Å². The third-order valence-corrected chi connectivity index (χ3v) is 4.40. The second-order valence-corrected chi connectivity index (χ2v) is 6.40. The van der Waals surface area contributed by atoms with E-state index < -0.39 is 0 Å². The second kappa shape index (κ2) is 10.7. The molecule has 0 spiro atoms. The highest BCUT2D eigenvalue weighted by molar-refractivity contribution is 14.0. The van der Waals surface area contributed by atoms with Gasteiger partial charge in [-0.1, -0.05) is 34.1 Å². The van der Waals surface area contributed by atoms with Gasteiger partial charge in [0.15, 0.2) is 5.96 Å².